The zero-order chi connectivity index (χ0) is 32.0. The highest BCUT2D eigenvalue weighted by molar-refractivity contribution is 7.83. The van der Waals surface area contributed by atoms with Gasteiger partial charge < -0.3 is 15.2 Å². The van der Waals surface area contributed by atoms with Gasteiger partial charge in [-0.15, -0.1) is 10.2 Å². The number of fused-ring (bicyclic) bond motifs is 1. The van der Waals surface area contributed by atoms with Gasteiger partial charge in [-0.1, -0.05) is 6.42 Å². The molecule has 10 nitrogen and oxygen atoms in total. The lowest BCUT2D eigenvalue weighted by molar-refractivity contribution is -0.138. The van der Waals surface area contributed by atoms with Gasteiger partial charge in [0.05, 0.1) is 28.8 Å². The van der Waals surface area contributed by atoms with Gasteiger partial charge in [-0.2, -0.15) is 13.2 Å². The molecule has 242 valence electrons. The maximum absolute atomic E-state index is 14.4. The van der Waals surface area contributed by atoms with Crippen LogP contribution in [0.3, 0.4) is 0 Å². The summed E-state index contributed by atoms with van der Waals surface area (Å²) in [5.74, 6) is 1.39. The van der Waals surface area contributed by atoms with E-state index >= 15 is 0 Å². The average Bonchev–Trinajstić information content (AvgIpc) is 3.53. The molecule has 1 amide bonds. The third kappa shape index (κ3) is 6.36. The van der Waals surface area contributed by atoms with Crippen molar-refractivity contribution in [3.8, 4) is 0 Å². The number of anilines is 2. The first-order valence-corrected chi connectivity index (χ1v) is 16.7. The van der Waals surface area contributed by atoms with Crippen molar-refractivity contribution < 1.29 is 22.2 Å². The lowest BCUT2D eigenvalue weighted by Crippen LogP contribution is -2.47. The largest absolute Gasteiger partial charge is 0.416 e. The topological polar surface area (TPSA) is 117 Å². The smallest absolute Gasteiger partial charge is 0.369 e. The van der Waals surface area contributed by atoms with Crippen molar-refractivity contribution in [1.82, 2.24) is 29.8 Å². The van der Waals surface area contributed by atoms with E-state index < -0.39 is 28.6 Å². The molecular formula is C31H39F3N8O2S. The lowest BCUT2D eigenvalue weighted by Gasteiger charge is -2.42. The fourth-order valence-corrected chi connectivity index (χ4v) is 7.06. The van der Waals surface area contributed by atoms with E-state index in [-0.39, 0.29) is 41.0 Å². The maximum Gasteiger partial charge on any atom is 0.416 e. The molecule has 2 saturated carbocycles. The van der Waals surface area contributed by atoms with Gasteiger partial charge in [0, 0.05) is 43.1 Å². The Morgan fingerprint density at radius 2 is 1.84 bits per heavy atom. The first-order valence-electron chi connectivity index (χ1n) is 15.3. The lowest BCUT2D eigenvalue weighted by atomic mass is 9.62. The Labute approximate surface area is 263 Å². The van der Waals surface area contributed by atoms with Crippen molar-refractivity contribution in [3.05, 3.63) is 64.2 Å². The normalized spacial score (nSPS) is 19.2. The van der Waals surface area contributed by atoms with Gasteiger partial charge in [0.25, 0.3) is 5.91 Å². The SMILES string of the molecule is CNS(=O)CCNc1cc(C2(Cc3nncn3C)CCC2)cc(N2Cc3c(cc(CNC4(C)CCC4)cc3C(F)(F)F)C2=O)n1. The molecule has 0 spiro atoms. The summed E-state index contributed by atoms with van der Waals surface area (Å²) in [6.07, 6.45) is 3.47. The Hall–Kier alpha value is -3.36. The highest BCUT2D eigenvalue weighted by atomic mass is 32.2. The van der Waals surface area contributed by atoms with Gasteiger partial charge in [0.2, 0.25) is 0 Å². The quantitative estimate of drug-likeness (QED) is 0.268. The Bertz CT molecular complexity index is 1620. The highest BCUT2D eigenvalue weighted by Crippen LogP contribution is 2.48. The van der Waals surface area contributed by atoms with Gasteiger partial charge in [0.1, 0.15) is 23.8 Å². The number of nitrogens with zero attached hydrogens (tertiary/aromatic N) is 5. The van der Waals surface area contributed by atoms with Crippen LogP contribution in [-0.4, -0.2) is 54.7 Å². The van der Waals surface area contributed by atoms with Gasteiger partial charge >= 0.3 is 6.18 Å². The Morgan fingerprint density at radius 1 is 1.09 bits per heavy atom. The number of benzene rings is 1. The van der Waals surface area contributed by atoms with E-state index in [9.17, 15) is 22.2 Å². The van der Waals surface area contributed by atoms with Gasteiger partial charge in [-0.25, -0.2) is 13.9 Å². The van der Waals surface area contributed by atoms with Crippen LogP contribution in [0.1, 0.15) is 83.9 Å². The summed E-state index contributed by atoms with van der Waals surface area (Å²) in [5, 5.41) is 14.9. The number of hydrogen-bond acceptors (Lipinski definition) is 7. The van der Waals surface area contributed by atoms with Crippen molar-refractivity contribution in [2.45, 2.75) is 82.1 Å². The summed E-state index contributed by atoms with van der Waals surface area (Å²) < 4.78 is 59.7. The van der Waals surface area contributed by atoms with Crippen LogP contribution in [0.2, 0.25) is 0 Å². The number of rotatable bonds is 12. The summed E-state index contributed by atoms with van der Waals surface area (Å²) in [4.78, 5) is 20.0. The molecule has 2 aromatic heterocycles. The second-order valence-electron chi connectivity index (χ2n) is 12.8. The molecule has 3 aromatic rings. The zero-order valence-electron chi connectivity index (χ0n) is 25.8. The molecule has 1 aliphatic heterocycles. The van der Waals surface area contributed by atoms with Crippen LogP contribution in [0.15, 0.2) is 30.6 Å². The van der Waals surface area contributed by atoms with Crippen LogP contribution in [0, 0.1) is 0 Å². The molecule has 6 rings (SSSR count). The predicted octanol–water partition coefficient (Wildman–Crippen LogP) is 4.38. The fourth-order valence-electron chi connectivity index (χ4n) is 6.57. The third-order valence-corrected chi connectivity index (χ3v) is 10.7. The number of aromatic nitrogens is 4. The number of halogens is 3. The van der Waals surface area contributed by atoms with Crippen molar-refractivity contribution in [2.75, 3.05) is 29.6 Å². The summed E-state index contributed by atoms with van der Waals surface area (Å²) in [7, 11) is 2.27. The number of nitrogens with one attached hydrogen (secondary N) is 3. The minimum atomic E-state index is -4.62. The standard InChI is InChI=1S/C31H39F3N8O2S/c1-29(6-4-7-29)37-17-20-12-22-23(24(13-20)31(32,33)34)18-42(28(22)43)26-15-21(14-25(39-26)36-10-11-45(44)35-2)30(8-5-9-30)16-27-40-38-19-41(27)3/h12-15,19,35,37H,4-11,16-18H2,1-3H3,(H,36,39). The molecule has 3 aliphatic rings. The second kappa shape index (κ2) is 12.1. The number of hydrogen-bond donors (Lipinski definition) is 3. The summed E-state index contributed by atoms with van der Waals surface area (Å²) in [6, 6.07) is 6.54. The van der Waals surface area contributed by atoms with Gasteiger partial charge in [-0.3, -0.25) is 9.69 Å². The van der Waals surface area contributed by atoms with E-state index in [0.29, 0.717) is 30.1 Å². The number of carbonyl (C=O) groups excluding carboxylic acids is 1. The Kier molecular flexibility index (Phi) is 8.50. The Morgan fingerprint density at radius 3 is 2.44 bits per heavy atom. The third-order valence-electron chi connectivity index (χ3n) is 9.72. The molecule has 2 aliphatic carbocycles. The molecule has 3 heterocycles. The predicted molar refractivity (Wildman–Crippen MR) is 166 cm³/mol. The molecule has 1 aromatic carbocycles. The van der Waals surface area contributed by atoms with Crippen molar-refractivity contribution >= 4 is 28.5 Å². The van der Waals surface area contributed by atoms with Crippen LogP contribution < -0.4 is 20.3 Å². The molecular weight excluding hydrogens is 605 g/mol. The summed E-state index contributed by atoms with van der Waals surface area (Å²) >= 11 is 0. The minimum Gasteiger partial charge on any atom is -0.369 e. The van der Waals surface area contributed by atoms with E-state index in [1.54, 1.807) is 19.4 Å². The molecule has 2 fully saturated rings. The van der Waals surface area contributed by atoms with Gasteiger partial charge in [0.15, 0.2) is 0 Å². The summed E-state index contributed by atoms with van der Waals surface area (Å²) in [5.41, 5.74) is 0.224. The number of carbonyl (C=O) groups is 1. The number of alkyl halides is 3. The zero-order valence-corrected chi connectivity index (χ0v) is 26.6. The monoisotopic (exact) mass is 644 g/mol. The van der Waals surface area contributed by atoms with E-state index in [1.807, 2.05) is 23.7 Å². The molecule has 14 heteroatoms. The number of amides is 1. The Balaban J connectivity index is 1.35. The number of aryl methyl sites for hydroxylation is 1. The van der Waals surface area contributed by atoms with E-state index in [1.165, 1.54) is 11.0 Å². The van der Waals surface area contributed by atoms with Crippen LogP contribution >= 0.6 is 0 Å². The average molecular weight is 645 g/mol. The minimum absolute atomic E-state index is 0.0327. The number of pyridine rings is 1. The molecule has 0 saturated heterocycles. The van der Waals surface area contributed by atoms with Crippen molar-refractivity contribution in [3.63, 3.8) is 0 Å². The van der Waals surface area contributed by atoms with Crippen molar-refractivity contribution in [2.24, 2.45) is 7.05 Å². The molecule has 3 N–H and O–H groups in total. The summed E-state index contributed by atoms with van der Waals surface area (Å²) in [6.45, 7) is 2.44. The van der Waals surface area contributed by atoms with E-state index in [4.69, 9.17) is 4.98 Å². The van der Waals surface area contributed by atoms with Gasteiger partial charge in [-0.05, 0) is 87.0 Å². The molecule has 1 atom stereocenters. The molecule has 45 heavy (non-hydrogen) atoms. The fraction of sp³-hybridized carbons (Fsp3) is 0.548. The first kappa shape index (κ1) is 31.6. The maximum atomic E-state index is 14.4. The van der Waals surface area contributed by atoms with Crippen LogP contribution in [0.5, 0.6) is 0 Å². The first-order chi connectivity index (χ1) is 21.4. The molecule has 1 unspecified atom stereocenters. The van der Waals surface area contributed by atoms with Crippen LogP contribution in [-0.2, 0) is 49.1 Å². The van der Waals surface area contributed by atoms with Crippen LogP contribution in [0.4, 0.5) is 24.8 Å². The second-order valence-corrected chi connectivity index (χ2v) is 14.3. The van der Waals surface area contributed by atoms with Crippen LogP contribution in [0.25, 0.3) is 0 Å². The molecule has 0 bridgehead atoms. The van der Waals surface area contributed by atoms with Crippen molar-refractivity contribution in [1.29, 1.82) is 0 Å². The highest BCUT2D eigenvalue weighted by Gasteiger charge is 2.43. The van der Waals surface area contributed by atoms with E-state index in [0.717, 1.165) is 49.9 Å². The molecule has 0 radical (unpaired) electrons. The van der Waals surface area contributed by atoms with E-state index in [2.05, 4.69) is 32.5 Å².